The van der Waals surface area contributed by atoms with Crippen LogP contribution >= 0.6 is 0 Å². The first-order valence-electron chi connectivity index (χ1n) is 9.23. The van der Waals surface area contributed by atoms with Crippen molar-refractivity contribution in [2.45, 2.75) is 6.92 Å². The minimum Gasteiger partial charge on any atom is -0.321 e. The molecule has 0 aliphatic heterocycles. The predicted octanol–water partition coefficient (Wildman–Crippen LogP) is 4.45. The number of nitrogens with zero attached hydrogens (tertiary/aromatic N) is 1. The van der Waals surface area contributed by atoms with Gasteiger partial charge in [0.05, 0.1) is 10.5 Å². The van der Waals surface area contributed by atoms with Crippen LogP contribution in [0.5, 0.6) is 0 Å². The monoisotopic (exact) mass is 419 g/mol. The summed E-state index contributed by atoms with van der Waals surface area (Å²) < 4.78 is 14.0. The molecule has 156 valence electrons. The number of hydrogen-bond acceptors (Lipinski definition) is 4. The zero-order valence-corrected chi connectivity index (χ0v) is 16.5. The van der Waals surface area contributed by atoms with Gasteiger partial charge in [-0.25, -0.2) is 4.39 Å². The predicted molar refractivity (Wildman–Crippen MR) is 115 cm³/mol. The third kappa shape index (κ3) is 5.60. The second-order valence-electron chi connectivity index (χ2n) is 6.67. The van der Waals surface area contributed by atoms with Crippen molar-refractivity contribution in [1.82, 2.24) is 5.32 Å². The highest BCUT2D eigenvalue weighted by molar-refractivity contribution is 6.10. The van der Waals surface area contributed by atoms with Gasteiger partial charge in [0.15, 0.2) is 0 Å². The highest BCUT2D eigenvalue weighted by atomic mass is 19.1. The second kappa shape index (κ2) is 9.45. The van der Waals surface area contributed by atoms with Crippen LogP contribution in [-0.2, 0) is 4.79 Å². The third-order valence-corrected chi connectivity index (χ3v) is 4.28. The summed E-state index contributed by atoms with van der Waals surface area (Å²) in [5.41, 5.74) is 1.11. The van der Waals surface area contributed by atoms with Crippen LogP contribution in [0.2, 0.25) is 0 Å². The lowest BCUT2D eigenvalue weighted by Crippen LogP contribution is -2.31. The van der Waals surface area contributed by atoms with E-state index in [0.717, 1.165) is 11.6 Å². The van der Waals surface area contributed by atoms with Gasteiger partial charge in [0, 0.05) is 17.8 Å². The summed E-state index contributed by atoms with van der Waals surface area (Å²) in [6.45, 7) is 1.86. The lowest BCUT2D eigenvalue weighted by Gasteiger charge is -2.12. The van der Waals surface area contributed by atoms with Crippen LogP contribution in [0.3, 0.4) is 0 Å². The molecule has 0 bridgehead atoms. The number of rotatable bonds is 6. The molecule has 0 heterocycles. The van der Waals surface area contributed by atoms with E-state index in [4.69, 9.17) is 0 Å². The number of amides is 2. The number of hydrogen-bond donors (Lipinski definition) is 2. The summed E-state index contributed by atoms with van der Waals surface area (Å²) in [6, 6.07) is 17.9. The Balaban J connectivity index is 1.95. The third-order valence-electron chi connectivity index (χ3n) is 4.28. The Labute approximate surface area is 177 Å². The molecule has 3 aromatic carbocycles. The molecule has 0 saturated heterocycles. The smallest absolute Gasteiger partial charge is 0.272 e. The van der Waals surface area contributed by atoms with E-state index in [9.17, 15) is 24.1 Å². The van der Waals surface area contributed by atoms with Crippen LogP contribution in [-0.4, -0.2) is 16.7 Å². The zero-order chi connectivity index (χ0) is 22.4. The quantitative estimate of drug-likeness (QED) is 0.350. The average Bonchev–Trinajstić information content (AvgIpc) is 2.73. The molecule has 0 aliphatic rings. The Morgan fingerprint density at radius 3 is 2.45 bits per heavy atom. The Hall–Kier alpha value is -4.33. The van der Waals surface area contributed by atoms with Gasteiger partial charge in [0.25, 0.3) is 17.5 Å². The zero-order valence-electron chi connectivity index (χ0n) is 16.5. The van der Waals surface area contributed by atoms with Crippen molar-refractivity contribution in [2.75, 3.05) is 5.32 Å². The highest BCUT2D eigenvalue weighted by Gasteiger charge is 2.18. The van der Waals surface area contributed by atoms with Crippen LogP contribution in [0.4, 0.5) is 15.8 Å². The summed E-state index contributed by atoms with van der Waals surface area (Å²) in [6.07, 6.45) is 1.29. The molecule has 0 radical (unpaired) electrons. The van der Waals surface area contributed by atoms with Gasteiger partial charge in [-0.3, -0.25) is 19.7 Å². The van der Waals surface area contributed by atoms with Gasteiger partial charge in [0.2, 0.25) is 0 Å². The summed E-state index contributed by atoms with van der Waals surface area (Å²) >= 11 is 0. The summed E-state index contributed by atoms with van der Waals surface area (Å²) in [5, 5.41) is 16.1. The van der Waals surface area contributed by atoms with Gasteiger partial charge >= 0.3 is 0 Å². The fraction of sp³-hybridized carbons (Fsp3) is 0.0435. The molecule has 0 saturated carbocycles. The Kier molecular flexibility index (Phi) is 6.51. The Morgan fingerprint density at radius 1 is 1.00 bits per heavy atom. The van der Waals surface area contributed by atoms with Crippen LogP contribution in [0.15, 0.2) is 78.5 Å². The lowest BCUT2D eigenvalue weighted by molar-refractivity contribution is -0.384. The molecule has 0 unspecified atom stereocenters. The molecule has 2 amide bonds. The number of nitro groups is 1. The van der Waals surface area contributed by atoms with Crippen LogP contribution in [0.25, 0.3) is 6.08 Å². The maximum absolute atomic E-state index is 14.0. The molecule has 31 heavy (non-hydrogen) atoms. The van der Waals surface area contributed by atoms with Gasteiger partial charge in [-0.15, -0.1) is 0 Å². The standard InChI is InChI=1S/C23H18FN3O4/c1-15-6-4-8-17(12-15)25-23(29)21(14-16-7-5-9-18(13-16)27(30)31)26-22(28)19-10-2-3-11-20(19)24/h2-14H,1H3,(H,25,29)(H,26,28)/b21-14-. The number of anilines is 1. The van der Waals surface area contributed by atoms with E-state index in [1.54, 1.807) is 24.3 Å². The molecule has 0 aliphatic carbocycles. The van der Waals surface area contributed by atoms with E-state index < -0.39 is 22.6 Å². The van der Waals surface area contributed by atoms with Crippen molar-refractivity contribution in [3.8, 4) is 0 Å². The maximum Gasteiger partial charge on any atom is 0.272 e. The number of benzene rings is 3. The van der Waals surface area contributed by atoms with Crippen molar-refractivity contribution in [1.29, 1.82) is 0 Å². The van der Waals surface area contributed by atoms with Crippen molar-refractivity contribution < 1.29 is 18.9 Å². The van der Waals surface area contributed by atoms with Crippen LogP contribution < -0.4 is 10.6 Å². The number of halogens is 1. The van der Waals surface area contributed by atoms with Gasteiger partial charge < -0.3 is 10.6 Å². The minimum atomic E-state index is -0.825. The average molecular weight is 419 g/mol. The fourth-order valence-electron chi connectivity index (χ4n) is 2.81. The van der Waals surface area contributed by atoms with Gasteiger partial charge in [-0.2, -0.15) is 0 Å². The van der Waals surface area contributed by atoms with Crippen LogP contribution in [0.1, 0.15) is 21.5 Å². The number of non-ortho nitro benzene ring substituents is 1. The molecule has 7 nitrogen and oxygen atoms in total. The summed E-state index contributed by atoms with van der Waals surface area (Å²) in [7, 11) is 0. The molecular formula is C23H18FN3O4. The Bertz CT molecular complexity index is 1190. The first-order chi connectivity index (χ1) is 14.8. The minimum absolute atomic E-state index is 0.173. The molecular weight excluding hydrogens is 401 g/mol. The van der Waals surface area contributed by atoms with E-state index in [0.29, 0.717) is 11.3 Å². The van der Waals surface area contributed by atoms with Gasteiger partial charge in [-0.1, -0.05) is 36.4 Å². The molecule has 0 spiro atoms. The molecule has 0 fully saturated rings. The lowest BCUT2D eigenvalue weighted by atomic mass is 10.1. The molecule has 3 aromatic rings. The van der Waals surface area contributed by atoms with Gasteiger partial charge in [-0.05, 0) is 48.4 Å². The highest BCUT2D eigenvalue weighted by Crippen LogP contribution is 2.17. The number of nitro benzene ring substituents is 1. The summed E-state index contributed by atoms with van der Waals surface area (Å²) in [5.74, 6) is -2.23. The fourth-order valence-corrected chi connectivity index (χ4v) is 2.81. The van der Waals surface area contributed by atoms with E-state index >= 15 is 0 Å². The SMILES string of the molecule is Cc1cccc(NC(=O)/C(=C/c2cccc([N+](=O)[O-])c2)NC(=O)c2ccccc2F)c1. The number of nitrogens with one attached hydrogen (secondary N) is 2. The second-order valence-corrected chi connectivity index (χ2v) is 6.67. The molecule has 8 heteroatoms. The van der Waals surface area contributed by atoms with E-state index in [1.165, 1.54) is 42.5 Å². The largest absolute Gasteiger partial charge is 0.321 e. The molecule has 0 aromatic heterocycles. The van der Waals surface area contributed by atoms with E-state index in [2.05, 4.69) is 10.6 Å². The van der Waals surface area contributed by atoms with Crippen molar-refractivity contribution in [3.05, 3.63) is 111 Å². The van der Waals surface area contributed by atoms with Crippen LogP contribution in [0, 0.1) is 22.9 Å². The Morgan fingerprint density at radius 2 is 1.74 bits per heavy atom. The topological polar surface area (TPSA) is 101 Å². The summed E-state index contributed by atoms with van der Waals surface area (Å²) in [4.78, 5) is 35.9. The first kappa shape index (κ1) is 21.4. The molecule has 2 N–H and O–H groups in total. The number of carbonyl (C=O) groups excluding carboxylic acids is 2. The van der Waals surface area contributed by atoms with Gasteiger partial charge in [0.1, 0.15) is 11.5 Å². The molecule has 3 rings (SSSR count). The molecule has 0 atom stereocenters. The van der Waals surface area contributed by atoms with E-state index in [1.807, 2.05) is 13.0 Å². The number of carbonyl (C=O) groups is 2. The normalized spacial score (nSPS) is 11.0. The van der Waals surface area contributed by atoms with Crippen molar-refractivity contribution in [2.24, 2.45) is 0 Å². The van der Waals surface area contributed by atoms with Crippen molar-refractivity contribution >= 4 is 29.3 Å². The van der Waals surface area contributed by atoms with E-state index in [-0.39, 0.29) is 16.9 Å². The first-order valence-corrected chi connectivity index (χ1v) is 9.23. The van der Waals surface area contributed by atoms with Crippen molar-refractivity contribution in [3.63, 3.8) is 0 Å². The maximum atomic E-state index is 14.0. The number of aryl methyl sites for hydroxylation is 1.